The molecule has 10 nitrogen and oxygen atoms in total. The van der Waals surface area contributed by atoms with E-state index in [9.17, 15) is 4.79 Å². The van der Waals surface area contributed by atoms with Gasteiger partial charge in [0.25, 0.3) is 0 Å². The molecule has 0 spiro atoms. The van der Waals surface area contributed by atoms with Crippen LogP contribution in [0.15, 0.2) is 36.7 Å². The van der Waals surface area contributed by atoms with Gasteiger partial charge in [0.15, 0.2) is 5.01 Å². The van der Waals surface area contributed by atoms with Crippen LogP contribution in [0.2, 0.25) is 0 Å². The molecule has 4 aromatic heterocycles. The van der Waals surface area contributed by atoms with Crippen molar-refractivity contribution in [3.63, 3.8) is 0 Å². The second kappa shape index (κ2) is 11.2. The van der Waals surface area contributed by atoms with Gasteiger partial charge in [0, 0.05) is 37.4 Å². The largest absolute Gasteiger partial charge is 0.444 e. The van der Waals surface area contributed by atoms with Gasteiger partial charge in [-0.1, -0.05) is 11.3 Å². The van der Waals surface area contributed by atoms with Crippen molar-refractivity contribution in [3.05, 3.63) is 47.2 Å². The molecule has 1 amide bonds. The van der Waals surface area contributed by atoms with Crippen LogP contribution in [0.5, 0.6) is 0 Å². The Balaban J connectivity index is 1.30. The van der Waals surface area contributed by atoms with Gasteiger partial charge in [-0.2, -0.15) is 10.4 Å². The summed E-state index contributed by atoms with van der Waals surface area (Å²) < 4.78 is 7.41. The van der Waals surface area contributed by atoms with Gasteiger partial charge in [-0.25, -0.2) is 9.31 Å². The summed E-state index contributed by atoms with van der Waals surface area (Å²) in [5, 5.41) is 27.8. The SMILES string of the molecule is CCN(C(=O)OC(C)(C)C)[C@H]1CC[C@H](c2nnc(-c3cnc(-c4ccc5cc(C#N)cnn45)cc3NC)s2)CC1. The van der Waals surface area contributed by atoms with E-state index in [4.69, 9.17) is 15.0 Å². The first-order valence-electron chi connectivity index (χ1n) is 13.6. The van der Waals surface area contributed by atoms with Crippen LogP contribution in [-0.2, 0) is 4.74 Å². The number of amides is 1. The normalized spacial score (nSPS) is 17.4. The molecular formula is C29H34N8O2S. The van der Waals surface area contributed by atoms with Crippen molar-refractivity contribution in [2.75, 3.05) is 18.9 Å². The fraction of sp³-hybridized carbons (Fsp3) is 0.448. The molecule has 1 N–H and O–H groups in total. The summed E-state index contributed by atoms with van der Waals surface area (Å²) >= 11 is 1.61. The molecule has 0 atom stereocenters. The molecule has 0 bridgehead atoms. The molecule has 208 valence electrons. The summed E-state index contributed by atoms with van der Waals surface area (Å²) in [6.45, 7) is 8.34. The van der Waals surface area contributed by atoms with Crippen LogP contribution in [0.25, 0.3) is 27.5 Å². The Morgan fingerprint density at radius 1 is 1.20 bits per heavy atom. The van der Waals surface area contributed by atoms with Gasteiger partial charge < -0.3 is 15.0 Å². The number of carbonyl (C=O) groups is 1. The smallest absolute Gasteiger partial charge is 0.410 e. The number of nitrogens with zero attached hydrogens (tertiary/aromatic N) is 7. The van der Waals surface area contributed by atoms with E-state index in [0.717, 1.165) is 63.9 Å². The molecule has 0 unspecified atom stereocenters. The maximum Gasteiger partial charge on any atom is 0.410 e. The highest BCUT2D eigenvalue weighted by Gasteiger charge is 2.32. The van der Waals surface area contributed by atoms with Crippen molar-refractivity contribution < 1.29 is 9.53 Å². The molecule has 11 heteroatoms. The Bertz CT molecular complexity index is 1560. The van der Waals surface area contributed by atoms with Crippen LogP contribution >= 0.6 is 11.3 Å². The average Bonchev–Trinajstić information content (AvgIpc) is 3.60. The fourth-order valence-corrected chi connectivity index (χ4v) is 6.26. The van der Waals surface area contributed by atoms with Crippen molar-refractivity contribution in [2.24, 2.45) is 0 Å². The first-order chi connectivity index (χ1) is 19.2. The topological polar surface area (TPSA) is 121 Å². The van der Waals surface area contributed by atoms with E-state index in [-0.39, 0.29) is 12.1 Å². The number of carbonyl (C=O) groups excluding carboxylic acids is 1. The van der Waals surface area contributed by atoms with Crippen molar-refractivity contribution in [1.29, 1.82) is 5.26 Å². The number of aromatic nitrogens is 5. The summed E-state index contributed by atoms with van der Waals surface area (Å²) in [4.78, 5) is 19.3. The molecule has 1 aliphatic carbocycles. The molecule has 0 radical (unpaired) electrons. The minimum atomic E-state index is -0.501. The first-order valence-corrected chi connectivity index (χ1v) is 14.4. The minimum Gasteiger partial charge on any atom is -0.444 e. The lowest BCUT2D eigenvalue weighted by molar-refractivity contribution is 0.0129. The second-order valence-corrected chi connectivity index (χ2v) is 12.0. The zero-order valence-corrected chi connectivity index (χ0v) is 24.3. The zero-order chi connectivity index (χ0) is 28.4. The van der Waals surface area contributed by atoms with Gasteiger partial charge in [0.2, 0.25) is 0 Å². The van der Waals surface area contributed by atoms with Crippen LogP contribution in [0.3, 0.4) is 0 Å². The number of pyridine rings is 1. The van der Waals surface area contributed by atoms with Crippen molar-refractivity contribution in [2.45, 2.75) is 70.9 Å². The van der Waals surface area contributed by atoms with Gasteiger partial charge >= 0.3 is 6.09 Å². The molecular weight excluding hydrogens is 524 g/mol. The minimum absolute atomic E-state index is 0.183. The Morgan fingerprint density at radius 2 is 1.98 bits per heavy atom. The molecule has 5 rings (SSSR count). The number of anilines is 1. The maximum atomic E-state index is 12.7. The highest BCUT2D eigenvalue weighted by atomic mass is 32.1. The number of hydrogen-bond donors (Lipinski definition) is 1. The number of rotatable bonds is 6. The van der Waals surface area contributed by atoms with Gasteiger partial charge in [0.05, 0.1) is 34.2 Å². The third-order valence-electron chi connectivity index (χ3n) is 7.19. The van der Waals surface area contributed by atoms with E-state index in [1.54, 1.807) is 28.1 Å². The van der Waals surface area contributed by atoms with Gasteiger partial charge in [-0.15, -0.1) is 10.2 Å². The summed E-state index contributed by atoms with van der Waals surface area (Å²) in [6, 6.07) is 9.97. The summed E-state index contributed by atoms with van der Waals surface area (Å²) in [7, 11) is 1.88. The Hall–Kier alpha value is -4.04. The molecule has 1 saturated carbocycles. The van der Waals surface area contributed by atoms with Gasteiger partial charge in [-0.3, -0.25) is 4.98 Å². The average molecular weight is 559 g/mol. The third kappa shape index (κ3) is 5.63. The van der Waals surface area contributed by atoms with E-state index in [0.29, 0.717) is 18.0 Å². The van der Waals surface area contributed by atoms with Crippen molar-refractivity contribution >= 4 is 28.6 Å². The summed E-state index contributed by atoms with van der Waals surface area (Å²) in [6.07, 6.45) is 6.89. The number of hydrogen-bond acceptors (Lipinski definition) is 9. The molecule has 40 heavy (non-hydrogen) atoms. The maximum absolute atomic E-state index is 12.7. The molecule has 0 aliphatic heterocycles. The predicted octanol–water partition coefficient (Wildman–Crippen LogP) is 6.11. The number of nitrogens with one attached hydrogen (secondary N) is 1. The summed E-state index contributed by atoms with van der Waals surface area (Å²) in [5.41, 5.74) is 4.25. The molecule has 1 fully saturated rings. The lowest BCUT2D eigenvalue weighted by Gasteiger charge is -2.36. The number of fused-ring (bicyclic) bond motifs is 1. The molecule has 0 aromatic carbocycles. The summed E-state index contributed by atoms with van der Waals surface area (Å²) in [5.74, 6) is 0.321. The molecule has 4 heterocycles. The van der Waals surface area contributed by atoms with Crippen molar-refractivity contribution in [3.8, 4) is 28.0 Å². The highest BCUT2D eigenvalue weighted by Crippen LogP contribution is 2.40. The van der Waals surface area contributed by atoms with Crippen LogP contribution in [0, 0.1) is 11.3 Å². The Morgan fingerprint density at radius 3 is 2.65 bits per heavy atom. The molecule has 0 saturated heterocycles. The van der Waals surface area contributed by atoms with Gasteiger partial charge in [0.1, 0.15) is 16.7 Å². The van der Waals surface area contributed by atoms with E-state index < -0.39 is 5.60 Å². The third-order valence-corrected chi connectivity index (χ3v) is 8.31. The van der Waals surface area contributed by atoms with E-state index >= 15 is 0 Å². The molecule has 4 aromatic rings. The number of ether oxygens (including phenoxy) is 1. The van der Waals surface area contributed by atoms with Crippen molar-refractivity contribution in [1.82, 2.24) is 29.7 Å². The van der Waals surface area contributed by atoms with E-state index in [2.05, 4.69) is 26.7 Å². The Labute approximate surface area is 238 Å². The molecule has 1 aliphatic rings. The second-order valence-electron chi connectivity index (χ2n) is 11.0. The van der Waals surface area contributed by atoms with Crippen LogP contribution in [0.1, 0.15) is 69.9 Å². The Kier molecular flexibility index (Phi) is 7.72. The highest BCUT2D eigenvalue weighted by molar-refractivity contribution is 7.14. The van der Waals surface area contributed by atoms with Crippen LogP contribution in [-0.4, -0.2) is 61.0 Å². The van der Waals surface area contributed by atoms with E-state index in [1.165, 1.54) is 0 Å². The monoisotopic (exact) mass is 558 g/mol. The first kappa shape index (κ1) is 27.5. The lowest BCUT2D eigenvalue weighted by atomic mass is 9.86. The standard InChI is InChI=1S/C29H34N8O2S/c1-6-36(28(38)39-29(2,3)4)20-9-7-19(8-10-20)26-34-35-27(40-26)22-17-32-24(14-23(22)31-5)25-12-11-21-13-18(15-30)16-33-37(21)25/h11-14,16-17,19-20H,6-10H2,1-5H3,(H,31,32)/t19-,20-. The predicted molar refractivity (Wildman–Crippen MR) is 155 cm³/mol. The fourth-order valence-electron chi connectivity index (χ4n) is 5.23. The zero-order valence-electron chi connectivity index (χ0n) is 23.5. The van der Waals surface area contributed by atoms with Crippen LogP contribution in [0.4, 0.5) is 10.5 Å². The van der Waals surface area contributed by atoms with Gasteiger partial charge in [-0.05, 0) is 77.6 Å². The quantitative estimate of drug-likeness (QED) is 0.301. The number of nitriles is 1. The van der Waals surface area contributed by atoms with E-state index in [1.807, 2.05) is 64.0 Å². The van der Waals surface area contributed by atoms with Crippen LogP contribution < -0.4 is 5.32 Å². The lowest BCUT2D eigenvalue weighted by Crippen LogP contribution is -2.44.